The van der Waals surface area contributed by atoms with Gasteiger partial charge in [0, 0.05) is 24.1 Å². The van der Waals surface area contributed by atoms with Crippen LogP contribution in [0.1, 0.15) is 48.2 Å². The van der Waals surface area contributed by atoms with E-state index in [1.807, 2.05) is 45.9 Å². The number of benzene rings is 2. The number of ether oxygens (including phenoxy) is 1. The van der Waals surface area contributed by atoms with Crippen molar-refractivity contribution in [3.8, 4) is 5.75 Å². The Morgan fingerprint density at radius 1 is 0.968 bits per heavy atom. The van der Waals surface area contributed by atoms with Crippen molar-refractivity contribution in [3.05, 3.63) is 57.6 Å². The third-order valence-corrected chi connectivity index (χ3v) is 4.94. The fourth-order valence-electron chi connectivity index (χ4n) is 2.67. The van der Waals surface area contributed by atoms with E-state index in [1.165, 1.54) is 0 Å². The Kier molecular flexibility index (Phi) is 9.05. The number of rotatable bonds is 8. The topological polar surface area (TPSA) is 96.5 Å². The summed E-state index contributed by atoms with van der Waals surface area (Å²) in [5, 5.41) is 2.79. The number of hydrazine groups is 1. The van der Waals surface area contributed by atoms with Crippen LogP contribution in [0.2, 0.25) is 0 Å². The molecule has 0 radical (unpaired) electrons. The standard InChI is InChI=1S/C23H28BrN3O4/c1-14(2)13-31-20-8-6-17(12-18(20)24)23(30)27-26-22(29)10-9-21(28)25-19-7-5-15(3)11-16(19)4/h5-8,11-12,14H,9-10,13H2,1-4H3,(H,25,28)(H,26,29)(H,27,30). The van der Waals surface area contributed by atoms with Gasteiger partial charge in [-0.15, -0.1) is 0 Å². The largest absolute Gasteiger partial charge is 0.492 e. The molecular weight excluding hydrogens is 462 g/mol. The van der Waals surface area contributed by atoms with Crippen molar-refractivity contribution in [1.82, 2.24) is 10.9 Å². The molecule has 31 heavy (non-hydrogen) atoms. The number of carbonyl (C=O) groups is 3. The van der Waals surface area contributed by atoms with E-state index in [-0.39, 0.29) is 18.7 Å². The molecule has 3 N–H and O–H groups in total. The Morgan fingerprint density at radius 3 is 2.32 bits per heavy atom. The molecule has 2 aromatic rings. The summed E-state index contributed by atoms with van der Waals surface area (Å²) >= 11 is 3.39. The average Bonchev–Trinajstić information content (AvgIpc) is 2.71. The number of nitrogens with one attached hydrogen (secondary N) is 3. The summed E-state index contributed by atoms with van der Waals surface area (Å²) in [4.78, 5) is 36.3. The zero-order chi connectivity index (χ0) is 23.0. The molecule has 0 aliphatic heterocycles. The molecular formula is C23H28BrN3O4. The minimum absolute atomic E-state index is 0.00244. The van der Waals surface area contributed by atoms with E-state index in [1.54, 1.807) is 18.2 Å². The predicted octanol–water partition coefficient (Wildman–Crippen LogP) is 4.28. The summed E-state index contributed by atoms with van der Waals surface area (Å²) in [5.41, 5.74) is 7.82. The second-order valence-corrected chi connectivity index (χ2v) is 8.57. The zero-order valence-corrected chi connectivity index (χ0v) is 19.8. The summed E-state index contributed by atoms with van der Waals surface area (Å²) in [5.74, 6) is -0.171. The van der Waals surface area contributed by atoms with Gasteiger partial charge in [-0.2, -0.15) is 0 Å². The van der Waals surface area contributed by atoms with Gasteiger partial charge >= 0.3 is 0 Å². The van der Waals surface area contributed by atoms with Crippen molar-refractivity contribution in [3.63, 3.8) is 0 Å². The molecule has 0 saturated heterocycles. The average molecular weight is 490 g/mol. The van der Waals surface area contributed by atoms with Gasteiger partial charge in [-0.05, 0) is 65.5 Å². The Labute approximate surface area is 191 Å². The maximum Gasteiger partial charge on any atom is 0.269 e. The van der Waals surface area contributed by atoms with Gasteiger partial charge in [0.25, 0.3) is 5.91 Å². The fourth-order valence-corrected chi connectivity index (χ4v) is 3.16. The minimum Gasteiger partial charge on any atom is -0.492 e. The number of aryl methyl sites for hydroxylation is 2. The quantitative estimate of drug-likeness (QED) is 0.482. The molecule has 0 bridgehead atoms. The molecule has 3 amide bonds. The summed E-state index contributed by atoms with van der Waals surface area (Å²) < 4.78 is 6.30. The second-order valence-electron chi connectivity index (χ2n) is 7.72. The third kappa shape index (κ3) is 8.05. The highest BCUT2D eigenvalue weighted by Gasteiger charge is 2.12. The number of hydrogen-bond acceptors (Lipinski definition) is 4. The molecule has 0 aliphatic rings. The maximum absolute atomic E-state index is 12.3. The van der Waals surface area contributed by atoms with Crippen molar-refractivity contribution in [2.45, 2.75) is 40.5 Å². The molecule has 7 nitrogen and oxygen atoms in total. The van der Waals surface area contributed by atoms with Crippen LogP contribution in [0, 0.1) is 19.8 Å². The Balaban J connectivity index is 1.78. The van der Waals surface area contributed by atoms with Crippen LogP contribution in [0.5, 0.6) is 5.75 Å². The van der Waals surface area contributed by atoms with E-state index in [4.69, 9.17) is 4.74 Å². The van der Waals surface area contributed by atoms with Crippen molar-refractivity contribution < 1.29 is 19.1 Å². The lowest BCUT2D eigenvalue weighted by Crippen LogP contribution is -2.41. The van der Waals surface area contributed by atoms with Crippen LogP contribution in [0.4, 0.5) is 5.69 Å². The number of amides is 3. The summed E-state index contributed by atoms with van der Waals surface area (Å²) in [6.07, 6.45) is -0.0504. The molecule has 0 atom stereocenters. The summed E-state index contributed by atoms with van der Waals surface area (Å²) in [6, 6.07) is 10.6. The highest BCUT2D eigenvalue weighted by atomic mass is 79.9. The molecule has 2 rings (SSSR count). The fraction of sp³-hybridized carbons (Fsp3) is 0.348. The van der Waals surface area contributed by atoms with Crippen LogP contribution in [0.3, 0.4) is 0 Å². The van der Waals surface area contributed by atoms with E-state index in [9.17, 15) is 14.4 Å². The van der Waals surface area contributed by atoms with Gasteiger partial charge < -0.3 is 10.1 Å². The first-order valence-corrected chi connectivity index (χ1v) is 10.8. The molecule has 166 valence electrons. The van der Waals surface area contributed by atoms with E-state index in [2.05, 4.69) is 32.1 Å². The van der Waals surface area contributed by atoms with Gasteiger partial charge in [0.05, 0.1) is 11.1 Å². The lowest BCUT2D eigenvalue weighted by molar-refractivity contribution is -0.124. The van der Waals surface area contributed by atoms with Crippen LogP contribution in [-0.4, -0.2) is 24.3 Å². The maximum atomic E-state index is 12.3. The van der Waals surface area contributed by atoms with Gasteiger partial charge in [-0.1, -0.05) is 31.5 Å². The van der Waals surface area contributed by atoms with Gasteiger partial charge in [0.2, 0.25) is 11.8 Å². The molecule has 8 heteroatoms. The van der Waals surface area contributed by atoms with Crippen LogP contribution in [0.25, 0.3) is 0 Å². The Morgan fingerprint density at radius 2 is 1.68 bits per heavy atom. The van der Waals surface area contributed by atoms with Crippen LogP contribution >= 0.6 is 15.9 Å². The van der Waals surface area contributed by atoms with Gasteiger partial charge in [-0.3, -0.25) is 25.2 Å². The normalized spacial score (nSPS) is 10.5. The molecule has 0 heterocycles. The van der Waals surface area contributed by atoms with E-state index >= 15 is 0 Å². The first kappa shape index (κ1) is 24.4. The lowest BCUT2D eigenvalue weighted by atomic mass is 10.1. The van der Waals surface area contributed by atoms with Crippen LogP contribution in [0.15, 0.2) is 40.9 Å². The number of carbonyl (C=O) groups excluding carboxylic acids is 3. The van der Waals surface area contributed by atoms with Gasteiger partial charge in [0.15, 0.2) is 0 Å². The van der Waals surface area contributed by atoms with E-state index in [0.717, 1.165) is 16.8 Å². The SMILES string of the molecule is Cc1ccc(NC(=O)CCC(=O)NNC(=O)c2ccc(OCC(C)C)c(Br)c2)c(C)c1. The molecule has 0 aromatic heterocycles. The lowest BCUT2D eigenvalue weighted by Gasteiger charge is -2.12. The Bertz CT molecular complexity index is 960. The number of hydrogen-bond donors (Lipinski definition) is 3. The minimum atomic E-state index is -0.468. The van der Waals surface area contributed by atoms with Crippen molar-refractivity contribution >= 4 is 39.3 Å². The molecule has 0 fully saturated rings. The second kappa shape index (κ2) is 11.5. The van der Waals surface area contributed by atoms with Crippen molar-refractivity contribution in [1.29, 1.82) is 0 Å². The predicted molar refractivity (Wildman–Crippen MR) is 124 cm³/mol. The van der Waals surface area contributed by atoms with E-state index in [0.29, 0.717) is 28.3 Å². The summed E-state index contributed by atoms with van der Waals surface area (Å²) in [7, 11) is 0. The third-order valence-electron chi connectivity index (χ3n) is 4.32. The smallest absolute Gasteiger partial charge is 0.269 e. The zero-order valence-electron chi connectivity index (χ0n) is 18.2. The molecule has 0 aliphatic carbocycles. The van der Waals surface area contributed by atoms with Gasteiger partial charge in [-0.25, -0.2) is 0 Å². The van der Waals surface area contributed by atoms with Crippen LogP contribution < -0.4 is 20.9 Å². The molecule has 0 saturated carbocycles. The van der Waals surface area contributed by atoms with E-state index < -0.39 is 11.8 Å². The monoisotopic (exact) mass is 489 g/mol. The van der Waals surface area contributed by atoms with Crippen LogP contribution in [-0.2, 0) is 9.59 Å². The highest BCUT2D eigenvalue weighted by Crippen LogP contribution is 2.26. The highest BCUT2D eigenvalue weighted by molar-refractivity contribution is 9.10. The number of halogens is 1. The van der Waals surface area contributed by atoms with Crippen molar-refractivity contribution in [2.75, 3.05) is 11.9 Å². The van der Waals surface area contributed by atoms with Crippen molar-refractivity contribution in [2.24, 2.45) is 5.92 Å². The van der Waals surface area contributed by atoms with Gasteiger partial charge in [0.1, 0.15) is 5.75 Å². The molecule has 0 spiro atoms. The Hall–Kier alpha value is -2.87. The molecule has 2 aromatic carbocycles. The first-order valence-electron chi connectivity index (χ1n) is 10.0. The molecule has 0 unspecified atom stereocenters. The first-order chi connectivity index (χ1) is 14.7. The number of anilines is 1. The summed E-state index contributed by atoms with van der Waals surface area (Å²) in [6.45, 7) is 8.55.